The number of nitrogens with one attached hydrogen (secondary N) is 2. The molecule has 6 heteroatoms. The average Bonchev–Trinajstić information content (AvgIpc) is 2.39. The Hall–Kier alpha value is -1.69. The number of aromatic nitrogens is 2. The highest BCUT2D eigenvalue weighted by Gasteiger charge is 2.08. The average molecular weight is 251 g/mol. The zero-order chi connectivity index (χ0) is 13.4. The second kappa shape index (κ2) is 7.60. The van der Waals surface area contributed by atoms with E-state index in [2.05, 4.69) is 32.4 Å². The molecular weight excluding hydrogens is 230 g/mol. The van der Waals surface area contributed by atoms with Crippen LogP contribution < -0.4 is 10.6 Å². The van der Waals surface area contributed by atoms with Gasteiger partial charge in [-0.1, -0.05) is 6.92 Å². The van der Waals surface area contributed by atoms with Crippen molar-refractivity contribution < 1.29 is 4.79 Å². The number of likely N-dealkylation sites (N-methyl/N-ethyl adjacent to an activating group) is 1. The molecule has 0 bridgehead atoms. The fraction of sp³-hybridized carbons (Fsp3) is 0.583. The summed E-state index contributed by atoms with van der Waals surface area (Å²) in [7, 11) is 2.01. The molecular formula is C12H21N5O. The molecule has 0 aliphatic rings. The second-order valence-electron chi connectivity index (χ2n) is 3.97. The first-order valence-electron chi connectivity index (χ1n) is 6.20. The van der Waals surface area contributed by atoms with E-state index < -0.39 is 0 Å². The van der Waals surface area contributed by atoms with Crippen molar-refractivity contribution >= 4 is 11.7 Å². The summed E-state index contributed by atoms with van der Waals surface area (Å²) in [5.41, 5.74) is 0.340. The van der Waals surface area contributed by atoms with Gasteiger partial charge in [0.05, 0.1) is 12.4 Å². The van der Waals surface area contributed by atoms with Crippen LogP contribution in [0.4, 0.5) is 5.82 Å². The fourth-order valence-electron chi connectivity index (χ4n) is 1.35. The Bertz CT molecular complexity index is 382. The predicted octanol–water partition coefficient (Wildman–Crippen LogP) is 0.590. The summed E-state index contributed by atoms with van der Waals surface area (Å²) in [6.45, 7) is 7.19. The molecule has 0 saturated carbocycles. The molecule has 1 amide bonds. The van der Waals surface area contributed by atoms with E-state index in [4.69, 9.17) is 0 Å². The van der Waals surface area contributed by atoms with Gasteiger partial charge in [0.2, 0.25) is 0 Å². The smallest absolute Gasteiger partial charge is 0.271 e. The molecule has 0 saturated heterocycles. The molecule has 0 unspecified atom stereocenters. The van der Waals surface area contributed by atoms with Crippen molar-refractivity contribution in [3.8, 4) is 0 Å². The SMILES string of the molecule is CCNc1cncc(C(=O)NCCN(C)CC)n1. The van der Waals surface area contributed by atoms with Crippen molar-refractivity contribution in [1.29, 1.82) is 0 Å². The van der Waals surface area contributed by atoms with E-state index in [0.29, 0.717) is 18.1 Å². The normalized spacial score (nSPS) is 10.4. The highest BCUT2D eigenvalue weighted by molar-refractivity contribution is 5.92. The van der Waals surface area contributed by atoms with E-state index in [1.165, 1.54) is 6.20 Å². The maximum atomic E-state index is 11.8. The summed E-state index contributed by atoms with van der Waals surface area (Å²) in [6, 6.07) is 0. The van der Waals surface area contributed by atoms with Gasteiger partial charge in [-0.3, -0.25) is 9.78 Å². The van der Waals surface area contributed by atoms with Crippen LogP contribution in [0.2, 0.25) is 0 Å². The molecule has 0 atom stereocenters. The van der Waals surface area contributed by atoms with Crippen LogP contribution in [-0.4, -0.2) is 54.0 Å². The molecule has 1 heterocycles. The van der Waals surface area contributed by atoms with Gasteiger partial charge in [0.15, 0.2) is 0 Å². The van der Waals surface area contributed by atoms with Gasteiger partial charge in [-0.25, -0.2) is 4.98 Å². The summed E-state index contributed by atoms with van der Waals surface area (Å²) in [5, 5.41) is 5.85. The van der Waals surface area contributed by atoms with E-state index in [9.17, 15) is 4.79 Å². The monoisotopic (exact) mass is 251 g/mol. The van der Waals surface area contributed by atoms with Crippen LogP contribution in [0, 0.1) is 0 Å². The maximum absolute atomic E-state index is 11.8. The van der Waals surface area contributed by atoms with Gasteiger partial charge in [-0.05, 0) is 20.5 Å². The minimum atomic E-state index is -0.188. The molecule has 0 spiro atoms. The largest absolute Gasteiger partial charge is 0.369 e. The van der Waals surface area contributed by atoms with E-state index in [0.717, 1.165) is 19.6 Å². The number of amides is 1. The Morgan fingerprint density at radius 3 is 2.83 bits per heavy atom. The highest BCUT2D eigenvalue weighted by atomic mass is 16.1. The number of anilines is 1. The third-order valence-electron chi connectivity index (χ3n) is 2.54. The minimum Gasteiger partial charge on any atom is -0.369 e. The first-order valence-corrected chi connectivity index (χ1v) is 6.20. The summed E-state index contributed by atoms with van der Waals surface area (Å²) in [4.78, 5) is 22.1. The Balaban J connectivity index is 2.48. The zero-order valence-corrected chi connectivity index (χ0v) is 11.2. The molecule has 6 nitrogen and oxygen atoms in total. The molecule has 0 aliphatic carbocycles. The third-order valence-corrected chi connectivity index (χ3v) is 2.54. The molecule has 1 aromatic rings. The summed E-state index contributed by atoms with van der Waals surface area (Å²) < 4.78 is 0. The summed E-state index contributed by atoms with van der Waals surface area (Å²) in [5.74, 6) is 0.433. The molecule has 0 aromatic carbocycles. The third kappa shape index (κ3) is 4.67. The summed E-state index contributed by atoms with van der Waals surface area (Å²) >= 11 is 0. The molecule has 2 N–H and O–H groups in total. The van der Waals surface area contributed by atoms with Crippen LogP contribution in [0.25, 0.3) is 0 Å². The standard InChI is InChI=1S/C12H21N5O/c1-4-14-11-9-13-8-10(16-11)12(18)15-6-7-17(3)5-2/h8-9H,4-7H2,1-3H3,(H,14,16)(H,15,18). The number of carbonyl (C=O) groups excluding carboxylic acids is 1. The molecule has 0 aliphatic heterocycles. The van der Waals surface area contributed by atoms with Gasteiger partial charge >= 0.3 is 0 Å². The van der Waals surface area contributed by atoms with Crippen LogP contribution in [0.1, 0.15) is 24.3 Å². The van der Waals surface area contributed by atoms with Gasteiger partial charge in [0, 0.05) is 19.6 Å². The zero-order valence-electron chi connectivity index (χ0n) is 11.2. The number of hydrogen-bond donors (Lipinski definition) is 2. The molecule has 100 valence electrons. The lowest BCUT2D eigenvalue weighted by Gasteiger charge is -2.13. The van der Waals surface area contributed by atoms with Crippen molar-refractivity contribution in [1.82, 2.24) is 20.2 Å². The predicted molar refractivity (Wildman–Crippen MR) is 71.7 cm³/mol. The second-order valence-corrected chi connectivity index (χ2v) is 3.97. The van der Waals surface area contributed by atoms with E-state index in [-0.39, 0.29) is 5.91 Å². The van der Waals surface area contributed by atoms with Gasteiger partial charge in [0.1, 0.15) is 11.5 Å². The molecule has 1 rings (SSSR count). The minimum absolute atomic E-state index is 0.188. The lowest BCUT2D eigenvalue weighted by Crippen LogP contribution is -2.33. The van der Waals surface area contributed by atoms with Gasteiger partial charge in [0.25, 0.3) is 5.91 Å². The first kappa shape index (κ1) is 14.4. The lowest BCUT2D eigenvalue weighted by molar-refractivity contribution is 0.0945. The van der Waals surface area contributed by atoms with Crippen molar-refractivity contribution in [2.24, 2.45) is 0 Å². The lowest BCUT2D eigenvalue weighted by atomic mass is 10.4. The van der Waals surface area contributed by atoms with Crippen molar-refractivity contribution in [3.05, 3.63) is 18.1 Å². The Morgan fingerprint density at radius 2 is 2.17 bits per heavy atom. The number of rotatable bonds is 7. The van der Waals surface area contributed by atoms with E-state index >= 15 is 0 Å². The van der Waals surface area contributed by atoms with Crippen LogP contribution in [-0.2, 0) is 0 Å². The van der Waals surface area contributed by atoms with Gasteiger partial charge < -0.3 is 15.5 Å². The molecule has 0 radical (unpaired) electrons. The maximum Gasteiger partial charge on any atom is 0.271 e. The van der Waals surface area contributed by atoms with Crippen LogP contribution in [0.5, 0.6) is 0 Å². The van der Waals surface area contributed by atoms with Crippen molar-refractivity contribution in [2.75, 3.05) is 38.5 Å². The summed E-state index contributed by atoms with van der Waals surface area (Å²) in [6.07, 6.45) is 3.07. The van der Waals surface area contributed by atoms with Crippen LogP contribution in [0.3, 0.4) is 0 Å². The van der Waals surface area contributed by atoms with Crippen molar-refractivity contribution in [3.63, 3.8) is 0 Å². The van der Waals surface area contributed by atoms with Crippen molar-refractivity contribution in [2.45, 2.75) is 13.8 Å². The van der Waals surface area contributed by atoms with Gasteiger partial charge in [-0.2, -0.15) is 0 Å². The van der Waals surface area contributed by atoms with Gasteiger partial charge in [-0.15, -0.1) is 0 Å². The Morgan fingerprint density at radius 1 is 1.39 bits per heavy atom. The molecule has 18 heavy (non-hydrogen) atoms. The number of hydrogen-bond acceptors (Lipinski definition) is 5. The van der Waals surface area contributed by atoms with Crippen LogP contribution in [0.15, 0.2) is 12.4 Å². The number of nitrogens with zero attached hydrogens (tertiary/aromatic N) is 3. The quantitative estimate of drug-likeness (QED) is 0.742. The van der Waals surface area contributed by atoms with E-state index in [1.54, 1.807) is 6.20 Å². The molecule has 1 aromatic heterocycles. The van der Waals surface area contributed by atoms with E-state index in [1.807, 2.05) is 14.0 Å². The fourth-order valence-corrected chi connectivity index (χ4v) is 1.35. The Kier molecular flexibility index (Phi) is 6.07. The number of carbonyl (C=O) groups is 1. The van der Waals surface area contributed by atoms with Crippen LogP contribution >= 0.6 is 0 Å². The Labute approximate surface area is 108 Å². The highest BCUT2D eigenvalue weighted by Crippen LogP contribution is 2.01. The molecule has 0 fully saturated rings. The topological polar surface area (TPSA) is 70.2 Å². The first-order chi connectivity index (χ1) is 8.67.